The summed E-state index contributed by atoms with van der Waals surface area (Å²) in [6.07, 6.45) is 0.398. The molecule has 0 aliphatic heterocycles. The summed E-state index contributed by atoms with van der Waals surface area (Å²) < 4.78 is 32.3. The first-order chi connectivity index (χ1) is 12.5. The third-order valence-electron chi connectivity index (χ3n) is 4.14. The Hall–Kier alpha value is -2.64. The number of benzene rings is 2. The molecule has 0 saturated carbocycles. The van der Waals surface area contributed by atoms with Gasteiger partial charge in [0.25, 0.3) is 0 Å². The molecule has 0 radical (unpaired) electrons. The van der Waals surface area contributed by atoms with Gasteiger partial charge in [-0.05, 0) is 35.7 Å². The molecular formula is C19H20N2O4S. The summed E-state index contributed by atoms with van der Waals surface area (Å²) in [4.78, 5) is 14.5. The van der Waals surface area contributed by atoms with Crippen molar-refractivity contribution in [1.82, 2.24) is 9.71 Å². The standard InChI is InChI=1S/C19H20N2O4S/c1-25-16-8-6-14(7-9-16)10-11-26(23,24)20-13-15-12-19(22)21-18-5-3-2-4-17(15)18/h2-9,12,20H,10-11,13H2,1H3,(H,21,22). The zero-order chi connectivity index (χ0) is 18.6. The van der Waals surface area contributed by atoms with Gasteiger partial charge in [0.1, 0.15) is 5.75 Å². The molecular weight excluding hydrogens is 352 g/mol. The van der Waals surface area contributed by atoms with E-state index < -0.39 is 10.0 Å². The van der Waals surface area contributed by atoms with Crippen LogP contribution in [0.2, 0.25) is 0 Å². The smallest absolute Gasteiger partial charge is 0.248 e. The van der Waals surface area contributed by atoms with Crippen LogP contribution in [0.25, 0.3) is 10.9 Å². The molecule has 0 amide bonds. The number of hydrogen-bond donors (Lipinski definition) is 2. The molecule has 136 valence electrons. The Balaban J connectivity index is 1.67. The van der Waals surface area contributed by atoms with Gasteiger partial charge in [-0.25, -0.2) is 13.1 Å². The predicted molar refractivity (Wildman–Crippen MR) is 102 cm³/mol. The van der Waals surface area contributed by atoms with E-state index in [0.717, 1.165) is 16.7 Å². The number of sulfonamides is 1. The van der Waals surface area contributed by atoms with Crippen LogP contribution in [0, 0.1) is 0 Å². The van der Waals surface area contributed by atoms with E-state index in [9.17, 15) is 13.2 Å². The number of aryl methyl sites for hydroxylation is 1. The van der Waals surface area contributed by atoms with Crippen LogP contribution in [0.15, 0.2) is 59.4 Å². The molecule has 26 heavy (non-hydrogen) atoms. The van der Waals surface area contributed by atoms with Crippen LogP contribution >= 0.6 is 0 Å². The van der Waals surface area contributed by atoms with E-state index in [1.165, 1.54) is 6.07 Å². The lowest BCUT2D eigenvalue weighted by atomic mass is 10.1. The number of ether oxygens (including phenoxy) is 1. The molecule has 2 N–H and O–H groups in total. The minimum atomic E-state index is -3.47. The Kier molecular flexibility index (Phi) is 5.39. The second kappa shape index (κ2) is 7.72. The lowest BCUT2D eigenvalue weighted by Crippen LogP contribution is -2.27. The molecule has 3 rings (SSSR count). The van der Waals surface area contributed by atoms with Crippen molar-refractivity contribution in [2.45, 2.75) is 13.0 Å². The van der Waals surface area contributed by atoms with Gasteiger partial charge in [0.15, 0.2) is 0 Å². The fraction of sp³-hybridized carbons (Fsp3) is 0.211. The second-order valence-corrected chi connectivity index (χ2v) is 7.87. The van der Waals surface area contributed by atoms with Crippen molar-refractivity contribution in [2.75, 3.05) is 12.9 Å². The maximum absolute atomic E-state index is 12.3. The number of pyridine rings is 1. The highest BCUT2D eigenvalue weighted by atomic mass is 32.2. The normalized spacial score (nSPS) is 11.6. The maximum Gasteiger partial charge on any atom is 0.248 e. The molecule has 7 heteroatoms. The minimum Gasteiger partial charge on any atom is -0.497 e. The van der Waals surface area contributed by atoms with Crippen molar-refractivity contribution in [1.29, 1.82) is 0 Å². The van der Waals surface area contributed by atoms with Gasteiger partial charge in [-0.3, -0.25) is 4.79 Å². The van der Waals surface area contributed by atoms with Crippen LogP contribution < -0.4 is 15.0 Å². The van der Waals surface area contributed by atoms with Gasteiger partial charge in [0, 0.05) is 23.5 Å². The second-order valence-electron chi connectivity index (χ2n) is 5.94. The summed E-state index contributed by atoms with van der Waals surface area (Å²) in [5.41, 5.74) is 2.00. The number of H-pyrrole nitrogens is 1. The van der Waals surface area contributed by atoms with Crippen molar-refractivity contribution in [3.05, 3.63) is 76.1 Å². The van der Waals surface area contributed by atoms with Crippen LogP contribution in [-0.2, 0) is 23.0 Å². The highest BCUT2D eigenvalue weighted by molar-refractivity contribution is 7.89. The van der Waals surface area contributed by atoms with Gasteiger partial charge in [-0.1, -0.05) is 30.3 Å². The zero-order valence-corrected chi connectivity index (χ0v) is 15.2. The van der Waals surface area contributed by atoms with Gasteiger partial charge in [-0.15, -0.1) is 0 Å². The summed E-state index contributed by atoms with van der Waals surface area (Å²) in [5.74, 6) is 0.705. The molecule has 0 unspecified atom stereocenters. The van der Waals surface area contributed by atoms with Crippen LogP contribution in [0.3, 0.4) is 0 Å². The summed E-state index contributed by atoms with van der Waals surface area (Å²) >= 11 is 0. The van der Waals surface area contributed by atoms with Gasteiger partial charge in [0.05, 0.1) is 12.9 Å². The fourth-order valence-corrected chi connectivity index (χ4v) is 3.75. The zero-order valence-electron chi connectivity index (χ0n) is 14.4. The molecule has 0 saturated heterocycles. The third-order valence-corrected chi connectivity index (χ3v) is 5.46. The molecule has 0 bridgehead atoms. The first-order valence-electron chi connectivity index (χ1n) is 8.18. The van der Waals surface area contributed by atoms with Crippen molar-refractivity contribution in [2.24, 2.45) is 0 Å². The van der Waals surface area contributed by atoms with Crippen LogP contribution in [-0.4, -0.2) is 26.3 Å². The fourth-order valence-electron chi connectivity index (χ4n) is 2.73. The topological polar surface area (TPSA) is 88.3 Å². The number of methoxy groups -OCH3 is 1. The minimum absolute atomic E-state index is 0.0273. The Morgan fingerprint density at radius 2 is 1.81 bits per heavy atom. The Bertz CT molecular complexity index is 1060. The molecule has 0 spiro atoms. The van der Waals surface area contributed by atoms with E-state index in [1.54, 1.807) is 25.3 Å². The highest BCUT2D eigenvalue weighted by Gasteiger charge is 2.12. The van der Waals surface area contributed by atoms with Crippen LogP contribution in [0.4, 0.5) is 0 Å². The number of nitrogens with one attached hydrogen (secondary N) is 2. The molecule has 1 heterocycles. The Labute approximate surface area is 151 Å². The molecule has 6 nitrogen and oxygen atoms in total. The van der Waals surface area contributed by atoms with Crippen molar-refractivity contribution in [3.63, 3.8) is 0 Å². The third kappa shape index (κ3) is 4.50. The highest BCUT2D eigenvalue weighted by Crippen LogP contribution is 2.15. The molecule has 0 fully saturated rings. The van der Waals surface area contributed by atoms with Gasteiger partial charge in [0.2, 0.25) is 15.6 Å². The average molecular weight is 372 g/mol. The number of para-hydroxylation sites is 1. The predicted octanol–water partition coefficient (Wildman–Crippen LogP) is 2.20. The molecule has 1 aromatic heterocycles. The van der Waals surface area contributed by atoms with Crippen molar-refractivity contribution in [3.8, 4) is 5.75 Å². The van der Waals surface area contributed by atoms with E-state index in [0.29, 0.717) is 17.5 Å². The summed E-state index contributed by atoms with van der Waals surface area (Å²) in [5, 5.41) is 0.824. The lowest BCUT2D eigenvalue weighted by Gasteiger charge is -2.09. The number of aromatic amines is 1. The number of rotatable bonds is 7. The Morgan fingerprint density at radius 3 is 2.54 bits per heavy atom. The first kappa shape index (κ1) is 18.2. The molecule has 2 aromatic carbocycles. The maximum atomic E-state index is 12.3. The van der Waals surface area contributed by atoms with Crippen molar-refractivity contribution >= 4 is 20.9 Å². The van der Waals surface area contributed by atoms with Gasteiger partial charge >= 0.3 is 0 Å². The van der Waals surface area contributed by atoms with E-state index >= 15 is 0 Å². The van der Waals surface area contributed by atoms with E-state index in [1.807, 2.05) is 30.3 Å². The van der Waals surface area contributed by atoms with Gasteiger partial charge in [-0.2, -0.15) is 0 Å². The van der Waals surface area contributed by atoms with Crippen molar-refractivity contribution < 1.29 is 13.2 Å². The number of fused-ring (bicyclic) bond motifs is 1. The molecule has 0 atom stereocenters. The monoisotopic (exact) mass is 372 g/mol. The van der Waals surface area contributed by atoms with Crippen LogP contribution in [0.1, 0.15) is 11.1 Å². The van der Waals surface area contributed by atoms with Gasteiger partial charge < -0.3 is 9.72 Å². The molecule has 0 aliphatic rings. The summed E-state index contributed by atoms with van der Waals surface area (Å²) in [7, 11) is -1.88. The van der Waals surface area contributed by atoms with E-state index in [2.05, 4.69) is 9.71 Å². The number of aromatic nitrogens is 1. The lowest BCUT2D eigenvalue weighted by molar-refractivity contribution is 0.414. The Morgan fingerprint density at radius 1 is 1.08 bits per heavy atom. The first-order valence-corrected chi connectivity index (χ1v) is 9.83. The summed E-state index contributed by atoms with van der Waals surface area (Å²) in [6.45, 7) is 0.0787. The summed E-state index contributed by atoms with van der Waals surface area (Å²) in [6, 6.07) is 16.0. The molecule has 3 aromatic rings. The average Bonchev–Trinajstić information content (AvgIpc) is 2.65. The molecule has 0 aliphatic carbocycles. The number of hydrogen-bond acceptors (Lipinski definition) is 4. The quantitative estimate of drug-likeness (QED) is 0.665. The largest absolute Gasteiger partial charge is 0.497 e. The van der Waals surface area contributed by atoms with Crippen LogP contribution in [0.5, 0.6) is 5.75 Å². The van der Waals surface area contributed by atoms with E-state index in [4.69, 9.17) is 4.74 Å². The SMILES string of the molecule is COc1ccc(CCS(=O)(=O)NCc2cc(=O)[nH]c3ccccc23)cc1. The van der Waals surface area contributed by atoms with E-state index in [-0.39, 0.29) is 17.9 Å².